The van der Waals surface area contributed by atoms with Crippen LogP contribution in [0.1, 0.15) is 32.6 Å². The molecule has 0 bridgehead atoms. The fourth-order valence-corrected chi connectivity index (χ4v) is 3.27. The summed E-state index contributed by atoms with van der Waals surface area (Å²) in [6.45, 7) is 6.12. The Morgan fingerprint density at radius 1 is 1.38 bits per heavy atom. The van der Waals surface area contributed by atoms with Crippen LogP contribution in [0.3, 0.4) is 0 Å². The van der Waals surface area contributed by atoms with Crippen LogP contribution in [-0.2, 0) is 0 Å². The second-order valence-corrected chi connectivity index (χ2v) is 6.27. The van der Waals surface area contributed by atoms with E-state index in [9.17, 15) is 0 Å². The molecule has 0 aromatic carbocycles. The first-order valence-electron chi connectivity index (χ1n) is 6.81. The van der Waals surface area contributed by atoms with E-state index in [0.29, 0.717) is 0 Å². The molecule has 0 amide bonds. The summed E-state index contributed by atoms with van der Waals surface area (Å²) in [5.41, 5.74) is 0. The zero-order chi connectivity index (χ0) is 11.4. The molecule has 1 aliphatic carbocycles. The average Bonchev–Trinajstić information content (AvgIpc) is 3.11. The van der Waals surface area contributed by atoms with Gasteiger partial charge in [0.15, 0.2) is 0 Å². The lowest BCUT2D eigenvalue weighted by molar-refractivity contribution is 0.119. The van der Waals surface area contributed by atoms with E-state index in [1.54, 1.807) is 0 Å². The highest BCUT2D eigenvalue weighted by molar-refractivity contribution is 7.98. The third-order valence-corrected chi connectivity index (χ3v) is 4.52. The smallest absolute Gasteiger partial charge is 0.0249 e. The van der Waals surface area contributed by atoms with Crippen LogP contribution in [0.5, 0.6) is 0 Å². The first kappa shape index (κ1) is 12.7. The lowest BCUT2D eigenvalue weighted by atomic mass is 10.0. The SMILES string of the molecule is CCCC1CN(CCSC)C(C2CC2)CN1. The van der Waals surface area contributed by atoms with Gasteiger partial charge in [-0.2, -0.15) is 11.8 Å². The van der Waals surface area contributed by atoms with Crippen molar-refractivity contribution < 1.29 is 0 Å². The van der Waals surface area contributed by atoms with E-state index >= 15 is 0 Å². The first-order chi connectivity index (χ1) is 7.85. The van der Waals surface area contributed by atoms with Crippen molar-refractivity contribution in [3.8, 4) is 0 Å². The molecule has 2 atom stereocenters. The Morgan fingerprint density at radius 3 is 2.81 bits per heavy atom. The third-order valence-electron chi connectivity index (χ3n) is 3.93. The largest absolute Gasteiger partial charge is 0.311 e. The van der Waals surface area contributed by atoms with Gasteiger partial charge >= 0.3 is 0 Å². The number of piperazine rings is 1. The standard InChI is InChI=1S/C13H26N2S/c1-3-4-12-10-15(7-8-16-2)13(9-14-12)11-5-6-11/h11-14H,3-10H2,1-2H3. The summed E-state index contributed by atoms with van der Waals surface area (Å²) in [7, 11) is 0. The predicted molar refractivity (Wildman–Crippen MR) is 73.2 cm³/mol. The quantitative estimate of drug-likeness (QED) is 0.769. The molecule has 1 saturated carbocycles. The molecular formula is C13H26N2S. The van der Waals surface area contributed by atoms with Crippen LogP contribution in [-0.4, -0.2) is 48.6 Å². The Labute approximate surface area is 105 Å². The van der Waals surface area contributed by atoms with Crippen LogP contribution < -0.4 is 5.32 Å². The molecule has 2 fully saturated rings. The van der Waals surface area contributed by atoms with E-state index in [2.05, 4.69) is 23.4 Å². The highest BCUT2D eigenvalue weighted by Crippen LogP contribution is 2.36. The molecule has 2 unspecified atom stereocenters. The molecule has 0 aromatic rings. The molecular weight excluding hydrogens is 216 g/mol. The minimum absolute atomic E-state index is 0.752. The fraction of sp³-hybridized carbons (Fsp3) is 1.00. The van der Waals surface area contributed by atoms with Crippen LogP contribution in [0.2, 0.25) is 0 Å². The van der Waals surface area contributed by atoms with Crippen molar-refractivity contribution in [3.05, 3.63) is 0 Å². The van der Waals surface area contributed by atoms with E-state index in [1.165, 1.54) is 51.1 Å². The second-order valence-electron chi connectivity index (χ2n) is 5.29. The molecule has 0 aromatic heterocycles. The molecule has 1 aliphatic heterocycles. The molecule has 0 spiro atoms. The summed E-state index contributed by atoms with van der Waals surface area (Å²) >= 11 is 1.98. The number of thioether (sulfide) groups is 1. The number of rotatable bonds is 6. The minimum Gasteiger partial charge on any atom is -0.311 e. The highest BCUT2D eigenvalue weighted by atomic mass is 32.2. The molecule has 3 heteroatoms. The van der Waals surface area contributed by atoms with Gasteiger partial charge in [-0.15, -0.1) is 0 Å². The van der Waals surface area contributed by atoms with Crippen LogP contribution in [0.4, 0.5) is 0 Å². The average molecular weight is 242 g/mol. The van der Waals surface area contributed by atoms with Crippen molar-refractivity contribution in [3.63, 3.8) is 0 Å². The molecule has 2 rings (SSSR count). The summed E-state index contributed by atoms with van der Waals surface area (Å²) in [6, 6.07) is 1.60. The predicted octanol–water partition coefficient (Wildman–Crippen LogP) is 2.20. The van der Waals surface area contributed by atoms with Crippen LogP contribution in [0, 0.1) is 5.92 Å². The summed E-state index contributed by atoms with van der Waals surface area (Å²) in [5, 5.41) is 3.75. The number of nitrogens with zero attached hydrogens (tertiary/aromatic N) is 1. The summed E-state index contributed by atoms with van der Waals surface area (Å²) in [4.78, 5) is 2.77. The molecule has 2 nitrogen and oxygen atoms in total. The molecule has 16 heavy (non-hydrogen) atoms. The van der Waals surface area contributed by atoms with Crippen molar-refractivity contribution in [1.82, 2.24) is 10.2 Å². The highest BCUT2D eigenvalue weighted by Gasteiger charge is 2.38. The summed E-state index contributed by atoms with van der Waals surface area (Å²) < 4.78 is 0. The molecule has 1 saturated heterocycles. The Kier molecular flexibility index (Phi) is 4.98. The van der Waals surface area contributed by atoms with Gasteiger partial charge in [-0.3, -0.25) is 4.90 Å². The lowest BCUT2D eigenvalue weighted by Gasteiger charge is -2.40. The second kappa shape index (κ2) is 6.27. The van der Waals surface area contributed by atoms with E-state index in [4.69, 9.17) is 0 Å². The number of hydrogen-bond acceptors (Lipinski definition) is 3. The first-order valence-corrected chi connectivity index (χ1v) is 8.21. The van der Waals surface area contributed by atoms with Crippen molar-refractivity contribution >= 4 is 11.8 Å². The van der Waals surface area contributed by atoms with Gasteiger partial charge in [0.1, 0.15) is 0 Å². The topological polar surface area (TPSA) is 15.3 Å². The van der Waals surface area contributed by atoms with Gasteiger partial charge in [0.05, 0.1) is 0 Å². The van der Waals surface area contributed by atoms with Gasteiger partial charge in [0, 0.05) is 37.5 Å². The van der Waals surface area contributed by atoms with Gasteiger partial charge in [-0.05, 0) is 31.4 Å². The molecule has 0 radical (unpaired) electrons. The molecule has 2 aliphatic rings. The Balaban J connectivity index is 1.84. The normalized spacial score (nSPS) is 31.9. The molecule has 94 valence electrons. The maximum absolute atomic E-state index is 3.75. The molecule has 1 N–H and O–H groups in total. The summed E-state index contributed by atoms with van der Waals surface area (Å²) in [6.07, 6.45) is 7.81. The maximum Gasteiger partial charge on any atom is 0.0249 e. The van der Waals surface area contributed by atoms with Crippen LogP contribution >= 0.6 is 11.8 Å². The van der Waals surface area contributed by atoms with E-state index in [1.807, 2.05) is 11.8 Å². The fourth-order valence-electron chi connectivity index (χ4n) is 2.85. The van der Waals surface area contributed by atoms with Crippen molar-refractivity contribution in [2.24, 2.45) is 5.92 Å². The zero-order valence-corrected chi connectivity index (χ0v) is 11.6. The van der Waals surface area contributed by atoms with Gasteiger partial charge in [-0.25, -0.2) is 0 Å². The van der Waals surface area contributed by atoms with Crippen molar-refractivity contribution in [2.75, 3.05) is 31.6 Å². The monoisotopic (exact) mass is 242 g/mol. The van der Waals surface area contributed by atoms with E-state index in [-0.39, 0.29) is 0 Å². The lowest BCUT2D eigenvalue weighted by Crippen LogP contribution is -2.57. The van der Waals surface area contributed by atoms with Crippen molar-refractivity contribution in [2.45, 2.75) is 44.7 Å². The van der Waals surface area contributed by atoms with Crippen molar-refractivity contribution in [1.29, 1.82) is 0 Å². The van der Waals surface area contributed by atoms with Crippen LogP contribution in [0.25, 0.3) is 0 Å². The zero-order valence-electron chi connectivity index (χ0n) is 10.7. The van der Waals surface area contributed by atoms with Gasteiger partial charge in [-0.1, -0.05) is 13.3 Å². The van der Waals surface area contributed by atoms with Gasteiger partial charge in [0.25, 0.3) is 0 Å². The van der Waals surface area contributed by atoms with Crippen LogP contribution in [0.15, 0.2) is 0 Å². The molecule has 1 heterocycles. The van der Waals surface area contributed by atoms with E-state index in [0.717, 1.165) is 18.0 Å². The Morgan fingerprint density at radius 2 is 2.19 bits per heavy atom. The Bertz CT molecular complexity index is 206. The maximum atomic E-state index is 3.75. The van der Waals surface area contributed by atoms with Gasteiger partial charge < -0.3 is 5.32 Å². The minimum atomic E-state index is 0.752. The van der Waals surface area contributed by atoms with E-state index < -0.39 is 0 Å². The summed E-state index contributed by atoms with van der Waals surface area (Å²) in [5.74, 6) is 2.30. The third kappa shape index (κ3) is 3.38. The van der Waals surface area contributed by atoms with Gasteiger partial charge in [0.2, 0.25) is 0 Å². The Hall–Kier alpha value is 0.270. The number of nitrogens with one attached hydrogen (secondary N) is 1. The number of hydrogen-bond donors (Lipinski definition) is 1.